The van der Waals surface area contributed by atoms with Gasteiger partial charge in [0.25, 0.3) is 0 Å². The number of hydrogen-bond donors (Lipinski definition) is 2. The van der Waals surface area contributed by atoms with Crippen molar-refractivity contribution in [1.82, 2.24) is 19.9 Å². The van der Waals surface area contributed by atoms with Gasteiger partial charge in [0.2, 0.25) is 0 Å². The maximum absolute atomic E-state index is 5.99. The van der Waals surface area contributed by atoms with Crippen LogP contribution in [0.5, 0.6) is 0 Å². The third-order valence-corrected chi connectivity index (χ3v) is 7.38. The predicted molar refractivity (Wildman–Crippen MR) is 133 cm³/mol. The molecule has 1 aromatic carbocycles. The molecule has 166 valence electrons. The second-order valence-corrected chi connectivity index (χ2v) is 9.60. The van der Waals surface area contributed by atoms with E-state index in [0.717, 1.165) is 64.2 Å². The summed E-state index contributed by atoms with van der Waals surface area (Å²) in [6, 6.07) is 12.3. The number of fused-ring (bicyclic) bond motifs is 4. The minimum Gasteiger partial charge on any atom is -0.388 e. The van der Waals surface area contributed by atoms with Crippen molar-refractivity contribution in [2.45, 2.75) is 22.9 Å². The third-order valence-electron chi connectivity index (χ3n) is 6.56. The molecule has 4 aromatic rings. The van der Waals surface area contributed by atoms with Crippen molar-refractivity contribution in [2.75, 3.05) is 36.9 Å². The van der Waals surface area contributed by atoms with Crippen molar-refractivity contribution in [1.29, 1.82) is 0 Å². The molecule has 0 radical (unpaired) electrons. The Morgan fingerprint density at radius 3 is 2.94 bits per heavy atom. The quantitative estimate of drug-likeness (QED) is 0.385. The molecule has 0 amide bonds. The Kier molecular flexibility index (Phi) is 5.11. The molecule has 0 saturated carbocycles. The summed E-state index contributed by atoms with van der Waals surface area (Å²) >= 11 is 1.54. The molecule has 1 saturated heterocycles. The maximum Gasteiger partial charge on any atom is 0.194 e. The first-order chi connectivity index (χ1) is 16.2. The summed E-state index contributed by atoms with van der Waals surface area (Å²) in [6.45, 7) is 2.62. The number of hydrogen-bond acceptors (Lipinski definition) is 8. The van der Waals surface area contributed by atoms with E-state index in [4.69, 9.17) is 15.7 Å². The van der Waals surface area contributed by atoms with Crippen LogP contribution >= 0.6 is 11.8 Å². The summed E-state index contributed by atoms with van der Waals surface area (Å²) in [7, 11) is 1.97. The van der Waals surface area contributed by atoms with E-state index in [1.165, 1.54) is 16.7 Å². The number of anilines is 2. The van der Waals surface area contributed by atoms with Crippen LogP contribution in [0.1, 0.15) is 17.7 Å². The lowest BCUT2D eigenvalue weighted by atomic mass is 10.1. The Hall–Kier alpha value is -3.23. The second-order valence-electron chi connectivity index (χ2n) is 8.56. The molecule has 3 N–H and O–H groups in total. The zero-order valence-corrected chi connectivity index (χ0v) is 19.3. The third kappa shape index (κ3) is 3.59. The topological polar surface area (TPSA) is 92.8 Å². The zero-order chi connectivity index (χ0) is 22.4. The molecule has 1 aliphatic heterocycles. The van der Waals surface area contributed by atoms with Crippen molar-refractivity contribution in [3.63, 3.8) is 0 Å². The van der Waals surface area contributed by atoms with Gasteiger partial charge in [0.05, 0.1) is 16.7 Å². The molecule has 4 heterocycles. The van der Waals surface area contributed by atoms with Gasteiger partial charge in [0.15, 0.2) is 5.16 Å². The molecule has 1 fully saturated rings. The number of benzene rings is 1. The average Bonchev–Trinajstić information content (AvgIpc) is 3.48. The highest BCUT2D eigenvalue weighted by Gasteiger charge is 2.32. The van der Waals surface area contributed by atoms with E-state index in [2.05, 4.69) is 44.5 Å². The van der Waals surface area contributed by atoms with Gasteiger partial charge in [-0.05, 0) is 66.0 Å². The molecular formula is C25H25N7S. The number of aromatic nitrogens is 4. The number of pyridine rings is 2. The maximum atomic E-state index is 5.99. The molecule has 6 rings (SSSR count). The van der Waals surface area contributed by atoms with Crippen molar-refractivity contribution in [3.05, 3.63) is 60.0 Å². The van der Waals surface area contributed by atoms with E-state index in [1.807, 2.05) is 25.4 Å². The summed E-state index contributed by atoms with van der Waals surface area (Å²) in [6.07, 6.45) is 5.57. The lowest BCUT2D eigenvalue weighted by Gasteiger charge is -2.21. The normalized spacial score (nSPS) is 16.8. The molecule has 1 aliphatic carbocycles. The molecule has 1 atom stereocenters. The SMILES string of the molecule is CNc1cccc2c1Cc1nc(Sc3cnc4cccnc4c3)nc(N3CCC(CN)C3)c1-2. The Balaban J connectivity index is 1.44. The largest absolute Gasteiger partial charge is 0.388 e. The first-order valence-electron chi connectivity index (χ1n) is 11.3. The smallest absolute Gasteiger partial charge is 0.194 e. The standard InChI is InChI=1S/C25H25N7S/c1-27-19-5-2-4-17-18(19)11-22-23(17)24(32-9-7-15(12-26)14-32)31-25(30-22)33-16-10-21-20(29-13-16)6-3-8-28-21/h2-6,8,10,13,15,27H,7,9,11-12,14,26H2,1H3. The predicted octanol–water partition coefficient (Wildman–Crippen LogP) is 3.97. The van der Waals surface area contributed by atoms with Crippen LogP contribution in [0.3, 0.4) is 0 Å². The van der Waals surface area contributed by atoms with Gasteiger partial charge >= 0.3 is 0 Å². The fourth-order valence-electron chi connectivity index (χ4n) is 4.88. The molecule has 7 nitrogen and oxygen atoms in total. The summed E-state index contributed by atoms with van der Waals surface area (Å²) in [5.74, 6) is 1.53. The van der Waals surface area contributed by atoms with Crippen molar-refractivity contribution in [3.8, 4) is 11.1 Å². The zero-order valence-electron chi connectivity index (χ0n) is 18.5. The number of nitrogens with one attached hydrogen (secondary N) is 1. The molecule has 1 unspecified atom stereocenters. The number of rotatable bonds is 5. The van der Waals surface area contributed by atoms with Crippen molar-refractivity contribution >= 4 is 34.3 Å². The van der Waals surface area contributed by atoms with Crippen LogP contribution < -0.4 is 16.0 Å². The first-order valence-corrected chi connectivity index (χ1v) is 12.1. The van der Waals surface area contributed by atoms with Crippen LogP contribution in [0.2, 0.25) is 0 Å². The molecule has 3 aromatic heterocycles. The number of nitrogens with zero attached hydrogens (tertiary/aromatic N) is 5. The van der Waals surface area contributed by atoms with Crippen molar-refractivity contribution < 1.29 is 0 Å². The Morgan fingerprint density at radius 1 is 1.15 bits per heavy atom. The highest BCUT2D eigenvalue weighted by molar-refractivity contribution is 7.99. The lowest BCUT2D eigenvalue weighted by Crippen LogP contribution is -2.24. The first kappa shape index (κ1) is 20.4. The van der Waals surface area contributed by atoms with Gasteiger partial charge < -0.3 is 16.0 Å². The van der Waals surface area contributed by atoms with E-state index in [9.17, 15) is 0 Å². The summed E-state index contributed by atoms with van der Waals surface area (Å²) < 4.78 is 0. The second kappa shape index (κ2) is 8.28. The van der Waals surface area contributed by atoms with E-state index in [1.54, 1.807) is 18.0 Å². The Morgan fingerprint density at radius 2 is 2.09 bits per heavy atom. The van der Waals surface area contributed by atoms with Crippen LogP contribution in [0.25, 0.3) is 22.2 Å². The summed E-state index contributed by atoms with van der Waals surface area (Å²) in [4.78, 5) is 22.5. The minimum atomic E-state index is 0.506. The molecule has 0 spiro atoms. The van der Waals surface area contributed by atoms with E-state index >= 15 is 0 Å². The average molecular weight is 456 g/mol. The Bertz CT molecular complexity index is 1360. The molecule has 8 heteroatoms. The molecular weight excluding hydrogens is 430 g/mol. The number of nitrogens with two attached hydrogens (primary N) is 1. The van der Waals surface area contributed by atoms with Gasteiger partial charge in [-0.2, -0.15) is 0 Å². The fraction of sp³-hybridized carbons (Fsp3) is 0.280. The highest BCUT2D eigenvalue weighted by Crippen LogP contribution is 2.45. The minimum absolute atomic E-state index is 0.506. The molecule has 2 aliphatic rings. The van der Waals surface area contributed by atoms with Gasteiger partial charge in [-0.3, -0.25) is 9.97 Å². The highest BCUT2D eigenvalue weighted by atomic mass is 32.2. The van der Waals surface area contributed by atoms with Gasteiger partial charge in [-0.15, -0.1) is 0 Å². The van der Waals surface area contributed by atoms with Crippen molar-refractivity contribution in [2.24, 2.45) is 11.7 Å². The Labute approximate surface area is 196 Å². The van der Waals surface area contributed by atoms with Crippen LogP contribution in [-0.4, -0.2) is 46.6 Å². The van der Waals surface area contributed by atoms with E-state index < -0.39 is 0 Å². The van der Waals surface area contributed by atoms with Crippen LogP contribution in [0.4, 0.5) is 11.5 Å². The van der Waals surface area contributed by atoms with Crippen LogP contribution in [0.15, 0.2) is 58.8 Å². The van der Waals surface area contributed by atoms with Gasteiger partial charge in [-0.1, -0.05) is 12.1 Å². The summed E-state index contributed by atoms with van der Waals surface area (Å²) in [5, 5.41) is 4.09. The summed E-state index contributed by atoms with van der Waals surface area (Å²) in [5.41, 5.74) is 13.7. The van der Waals surface area contributed by atoms with Crippen LogP contribution in [0, 0.1) is 5.92 Å². The van der Waals surface area contributed by atoms with Gasteiger partial charge in [0, 0.05) is 55.1 Å². The monoisotopic (exact) mass is 455 g/mol. The molecule has 0 bridgehead atoms. The lowest BCUT2D eigenvalue weighted by molar-refractivity contribution is 0.602. The fourth-order valence-corrected chi connectivity index (χ4v) is 5.65. The van der Waals surface area contributed by atoms with Gasteiger partial charge in [0.1, 0.15) is 5.82 Å². The van der Waals surface area contributed by atoms with E-state index in [-0.39, 0.29) is 0 Å². The van der Waals surface area contributed by atoms with E-state index in [0.29, 0.717) is 12.5 Å². The molecule has 33 heavy (non-hydrogen) atoms. The van der Waals surface area contributed by atoms with Gasteiger partial charge in [-0.25, -0.2) is 9.97 Å². The van der Waals surface area contributed by atoms with Crippen LogP contribution in [-0.2, 0) is 6.42 Å².